The van der Waals surface area contributed by atoms with E-state index in [0.717, 1.165) is 0 Å². The van der Waals surface area contributed by atoms with E-state index in [4.69, 9.17) is 24.6 Å². The number of fused-ring (bicyclic) bond motifs is 1. The van der Waals surface area contributed by atoms with Crippen molar-refractivity contribution in [2.24, 2.45) is 0 Å². The molecule has 2 aromatic rings. The lowest BCUT2D eigenvalue weighted by Crippen LogP contribution is -2.35. The Hall–Kier alpha value is -1.62. The van der Waals surface area contributed by atoms with E-state index in [9.17, 15) is 9.67 Å². The van der Waals surface area contributed by atoms with Crippen LogP contribution in [0.2, 0.25) is 0 Å². The zero-order valence-corrected chi connectivity index (χ0v) is 13.1. The quantitative estimate of drug-likeness (QED) is 0.579. The molecule has 0 bridgehead atoms. The fourth-order valence-electron chi connectivity index (χ4n) is 2.64. The largest absolute Gasteiger partial charge is 0.394 e. The van der Waals surface area contributed by atoms with Crippen molar-refractivity contribution in [2.75, 3.05) is 19.5 Å². The van der Waals surface area contributed by atoms with Gasteiger partial charge >= 0.3 is 8.25 Å². The molecule has 1 aliphatic heterocycles. The summed E-state index contributed by atoms with van der Waals surface area (Å²) >= 11 is 0. The van der Waals surface area contributed by atoms with Crippen molar-refractivity contribution in [3.8, 4) is 0 Å². The van der Waals surface area contributed by atoms with Crippen molar-refractivity contribution in [3.63, 3.8) is 0 Å². The number of aromatic nitrogens is 4. The van der Waals surface area contributed by atoms with Crippen molar-refractivity contribution in [3.05, 3.63) is 12.7 Å². The van der Waals surface area contributed by atoms with Crippen molar-refractivity contribution in [1.82, 2.24) is 19.5 Å². The molecule has 0 radical (unpaired) electrons. The van der Waals surface area contributed by atoms with Gasteiger partial charge in [0.05, 0.1) is 12.9 Å². The van der Waals surface area contributed by atoms with E-state index in [-0.39, 0.29) is 5.82 Å². The minimum Gasteiger partial charge on any atom is -0.394 e. The van der Waals surface area contributed by atoms with Crippen LogP contribution < -0.4 is 5.73 Å². The first-order valence-corrected chi connectivity index (χ1v) is 7.95. The molecule has 1 fully saturated rings. The molecular formula is C11H16N5O6P. The molecule has 126 valence electrons. The summed E-state index contributed by atoms with van der Waals surface area (Å²) in [4.78, 5) is 21.2. The summed E-state index contributed by atoms with van der Waals surface area (Å²) in [7, 11) is -1.82. The van der Waals surface area contributed by atoms with Crippen LogP contribution >= 0.6 is 8.25 Å². The molecular weight excluding hydrogens is 329 g/mol. The van der Waals surface area contributed by atoms with E-state index >= 15 is 0 Å². The Bertz CT molecular complexity index is 726. The monoisotopic (exact) mass is 345 g/mol. The third-order valence-electron chi connectivity index (χ3n) is 3.64. The Balaban J connectivity index is 2.00. The summed E-state index contributed by atoms with van der Waals surface area (Å²) in [6.45, 7) is -0.403. The predicted molar refractivity (Wildman–Crippen MR) is 77.6 cm³/mol. The Morgan fingerprint density at radius 3 is 2.87 bits per heavy atom. The minimum absolute atomic E-state index is 0.215. The predicted octanol–water partition coefficient (Wildman–Crippen LogP) is -0.920. The Labute approximate surface area is 131 Å². The number of rotatable bonds is 5. The standard InChI is InChI=1S/C11H16N5O6P/c1-20-8-7(22-23(18)19)5(2-17)21-11(8)16-4-15-6-9(12)13-3-14-10(6)16/h3-5,7-8,11,17,23H,2H2,1H3,(H,18,19)(H2,12,13,14)/t5-,7?,8?,11-/m1/s1. The van der Waals surface area contributed by atoms with Crippen LogP contribution in [0.25, 0.3) is 11.2 Å². The second-order valence-corrected chi connectivity index (χ2v) is 5.65. The SMILES string of the molecule is COC1C(O[PH](=O)O)[C@@H](CO)O[C@H]1n1cnc2c(N)ncnc21. The molecule has 1 saturated heterocycles. The Kier molecular flexibility index (Phi) is 4.57. The van der Waals surface area contributed by atoms with E-state index in [2.05, 4.69) is 15.0 Å². The second kappa shape index (κ2) is 6.48. The molecule has 3 rings (SSSR count). The molecule has 0 saturated carbocycles. The molecule has 1 aliphatic rings. The first-order valence-electron chi connectivity index (χ1n) is 6.68. The first kappa shape index (κ1) is 16.2. The number of aliphatic hydroxyl groups excluding tert-OH is 1. The molecule has 0 aliphatic carbocycles. The summed E-state index contributed by atoms with van der Waals surface area (Å²) in [5.74, 6) is 0.215. The number of nitrogens with zero attached hydrogens (tertiary/aromatic N) is 4. The maximum Gasteiger partial charge on any atom is 0.317 e. The second-order valence-electron chi connectivity index (χ2n) is 4.88. The van der Waals surface area contributed by atoms with E-state index < -0.39 is 39.4 Å². The number of anilines is 1. The summed E-state index contributed by atoms with van der Waals surface area (Å²) < 4.78 is 28.6. The van der Waals surface area contributed by atoms with Gasteiger partial charge in [-0.3, -0.25) is 9.13 Å². The van der Waals surface area contributed by atoms with Crippen LogP contribution in [-0.2, 0) is 18.6 Å². The van der Waals surface area contributed by atoms with Gasteiger partial charge in [0.2, 0.25) is 0 Å². The van der Waals surface area contributed by atoms with Gasteiger partial charge in [-0.2, -0.15) is 0 Å². The highest BCUT2D eigenvalue weighted by molar-refractivity contribution is 7.32. The van der Waals surface area contributed by atoms with Crippen molar-refractivity contribution in [2.45, 2.75) is 24.5 Å². The molecule has 12 heteroatoms. The van der Waals surface area contributed by atoms with E-state index in [1.807, 2.05) is 0 Å². The molecule has 4 N–H and O–H groups in total. The van der Waals surface area contributed by atoms with Crippen LogP contribution in [0.15, 0.2) is 12.7 Å². The van der Waals surface area contributed by atoms with Gasteiger partial charge in [0, 0.05) is 7.11 Å². The maximum absolute atomic E-state index is 11.0. The van der Waals surface area contributed by atoms with Gasteiger partial charge < -0.3 is 29.7 Å². The van der Waals surface area contributed by atoms with Crippen LogP contribution in [0.3, 0.4) is 0 Å². The number of ether oxygens (including phenoxy) is 2. The summed E-state index contributed by atoms with van der Waals surface area (Å²) in [5, 5.41) is 9.43. The lowest BCUT2D eigenvalue weighted by Gasteiger charge is -2.22. The Morgan fingerprint density at radius 1 is 1.43 bits per heavy atom. The van der Waals surface area contributed by atoms with Crippen LogP contribution in [0, 0.1) is 0 Å². The average Bonchev–Trinajstić information content (AvgIpc) is 3.08. The third kappa shape index (κ3) is 2.82. The summed E-state index contributed by atoms with van der Waals surface area (Å²) in [5.41, 5.74) is 6.56. The average molecular weight is 345 g/mol. The van der Waals surface area contributed by atoms with E-state index in [1.54, 1.807) is 4.57 Å². The fourth-order valence-corrected chi connectivity index (χ4v) is 3.16. The molecule has 3 unspecified atom stereocenters. The molecule has 3 heterocycles. The zero-order chi connectivity index (χ0) is 16.6. The minimum atomic E-state index is -3.23. The lowest BCUT2D eigenvalue weighted by molar-refractivity contribution is -0.0583. The highest BCUT2D eigenvalue weighted by atomic mass is 31.1. The number of methoxy groups -OCH3 is 1. The Morgan fingerprint density at radius 2 is 2.22 bits per heavy atom. The molecule has 23 heavy (non-hydrogen) atoms. The number of hydrogen-bond acceptors (Lipinski definition) is 9. The summed E-state index contributed by atoms with van der Waals surface area (Å²) in [6, 6.07) is 0. The maximum atomic E-state index is 11.0. The molecule has 11 nitrogen and oxygen atoms in total. The third-order valence-corrected chi connectivity index (χ3v) is 4.11. The molecule has 5 atom stereocenters. The lowest BCUT2D eigenvalue weighted by atomic mass is 10.1. The summed E-state index contributed by atoms with van der Waals surface area (Å²) in [6.07, 6.45) is -0.516. The van der Waals surface area contributed by atoms with Gasteiger partial charge in [0.25, 0.3) is 0 Å². The highest BCUT2D eigenvalue weighted by Crippen LogP contribution is 2.38. The van der Waals surface area contributed by atoms with E-state index in [0.29, 0.717) is 11.2 Å². The topological polar surface area (TPSA) is 155 Å². The van der Waals surface area contributed by atoms with Crippen LogP contribution in [0.1, 0.15) is 6.23 Å². The fraction of sp³-hybridized carbons (Fsp3) is 0.545. The van der Waals surface area contributed by atoms with E-state index in [1.165, 1.54) is 19.8 Å². The van der Waals surface area contributed by atoms with Gasteiger partial charge in [-0.1, -0.05) is 0 Å². The number of nitrogen functional groups attached to an aromatic ring is 1. The number of nitrogens with two attached hydrogens (primary N) is 1. The molecule has 0 amide bonds. The molecule has 0 spiro atoms. The van der Waals surface area contributed by atoms with Gasteiger partial charge in [0.1, 0.15) is 30.2 Å². The van der Waals surface area contributed by atoms with Crippen molar-refractivity contribution in [1.29, 1.82) is 0 Å². The molecule has 2 aromatic heterocycles. The zero-order valence-electron chi connectivity index (χ0n) is 12.1. The highest BCUT2D eigenvalue weighted by Gasteiger charge is 2.47. The van der Waals surface area contributed by atoms with Crippen LogP contribution in [-0.4, -0.2) is 61.5 Å². The normalized spacial score (nSPS) is 29.2. The molecule has 0 aromatic carbocycles. The van der Waals surface area contributed by atoms with Crippen LogP contribution in [0.5, 0.6) is 0 Å². The van der Waals surface area contributed by atoms with Gasteiger partial charge in [0.15, 0.2) is 17.7 Å². The number of aliphatic hydroxyl groups is 1. The van der Waals surface area contributed by atoms with Gasteiger partial charge in [-0.25, -0.2) is 15.0 Å². The first-order chi connectivity index (χ1) is 11.1. The number of hydrogen-bond donors (Lipinski definition) is 3. The van der Waals surface area contributed by atoms with Crippen LogP contribution in [0.4, 0.5) is 5.82 Å². The van der Waals surface area contributed by atoms with Crippen molar-refractivity contribution < 1.29 is 28.6 Å². The van der Waals surface area contributed by atoms with Gasteiger partial charge in [-0.15, -0.1) is 0 Å². The smallest absolute Gasteiger partial charge is 0.317 e. The van der Waals surface area contributed by atoms with Gasteiger partial charge in [-0.05, 0) is 0 Å². The van der Waals surface area contributed by atoms with Crippen molar-refractivity contribution >= 4 is 25.2 Å². The number of imidazole rings is 1.